The van der Waals surface area contributed by atoms with Gasteiger partial charge in [0, 0.05) is 43.7 Å². The molecule has 44 heavy (non-hydrogen) atoms. The minimum Gasteiger partial charge on any atom is -0.447 e. The van der Waals surface area contributed by atoms with Crippen LogP contribution in [-0.2, 0) is 0 Å². The number of aromatic nitrogens is 3. The topological polar surface area (TPSA) is 27.9 Å². The third-order valence-corrected chi connectivity index (χ3v) is 9.12. The van der Waals surface area contributed by atoms with E-state index < -0.39 is 0 Å². The summed E-state index contributed by atoms with van der Waals surface area (Å²) in [6.07, 6.45) is 1.78. The molecule has 0 saturated heterocycles. The van der Waals surface area contributed by atoms with Gasteiger partial charge in [-0.1, -0.05) is 78.9 Å². The fourth-order valence-corrected chi connectivity index (χ4v) is 7.29. The predicted octanol–water partition coefficient (Wildman–Crippen LogP) is 10.6. The molecular weight excluding hydrogens is 538 g/mol. The molecule has 0 fully saturated rings. The standard InChI is InChI=1S/C40H25N3O/c1-5-16-35-29(12-1)30-13-2-6-17-36(30)42(35)28-20-21-39-34(25-28)32-15-4-7-18-37(32)41(39)26-10-9-11-27(24-26)43-38-19-8-3-14-31(38)33-22-23-44-40(33)43/h1-25H. The van der Waals surface area contributed by atoms with Crippen LogP contribution in [0.15, 0.2) is 156 Å². The molecule has 10 aromatic rings. The van der Waals surface area contributed by atoms with E-state index in [-0.39, 0.29) is 0 Å². The summed E-state index contributed by atoms with van der Waals surface area (Å²) < 4.78 is 13.0. The second-order valence-electron chi connectivity index (χ2n) is 11.4. The van der Waals surface area contributed by atoms with E-state index in [0.29, 0.717) is 0 Å². The van der Waals surface area contributed by atoms with E-state index in [2.05, 4.69) is 159 Å². The average Bonchev–Trinajstić information content (AvgIpc) is 3.83. The molecular formula is C40H25N3O. The smallest absolute Gasteiger partial charge is 0.212 e. The molecule has 0 atom stereocenters. The summed E-state index contributed by atoms with van der Waals surface area (Å²) in [5, 5.41) is 7.31. The predicted molar refractivity (Wildman–Crippen MR) is 182 cm³/mol. The summed E-state index contributed by atoms with van der Waals surface area (Å²) in [4.78, 5) is 0. The summed E-state index contributed by atoms with van der Waals surface area (Å²) in [6, 6.07) is 52.3. The van der Waals surface area contributed by atoms with Gasteiger partial charge >= 0.3 is 0 Å². The van der Waals surface area contributed by atoms with E-state index in [1.54, 1.807) is 6.26 Å². The second kappa shape index (κ2) is 8.76. The van der Waals surface area contributed by atoms with Gasteiger partial charge in [-0.3, -0.25) is 4.57 Å². The highest BCUT2D eigenvalue weighted by atomic mass is 16.3. The number of benzene rings is 6. The van der Waals surface area contributed by atoms with Crippen molar-refractivity contribution in [2.75, 3.05) is 0 Å². The highest BCUT2D eigenvalue weighted by Crippen LogP contribution is 2.38. The van der Waals surface area contributed by atoms with E-state index in [0.717, 1.165) is 33.7 Å². The molecule has 0 aliphatic carbocycles. The van der Waals surface area contributed by atoms with E-state index >= 15 is 0 Å². The molecule has 0 N–H and O–H groups in total. The van der Waals surface area contributed by atoms with Crippen molar-refractivity contribution in [2.24, 2.45) is 0 Å². The Morgan fingerprint density at radius 2 is 0.773 bits per heavy atom. The fraction of sp³-hybridized carbons (Fsp3) is 0. The number of furan rings is 1. The molecule has 4 aromatic heterocycles. The number of hydrogen-bond acceptors (Lipinski definition) is 1. The van der Waals surface area contributed by atoms with Crippen molar-refractivity contribution in [1.29, 1.82) is 0 Å². The van der Waals surface area contributed by atoms with Crippen LogP contribution < -0.4 is 0 Å². The lowest BCUT2D eigenvalue weighted by Gasteiger charge is -2.12. The molecule has 6 aromatic carbocycles. The van der Waals surface area contributed by atoms with Crippen LogP contribution in [0.5, 0.6) is 0 Å². The van der Waals surface area contributed by atoms with Crippen LogP contribution in [0, 0.1) is 0 Å². The molecule has 10 rings (SSSR count). The Kier molecular flexibility index (Phi) is 4.69. The number of rotatable bonds is 3. The highest BCUT2D eigenvalue weighted by Gasteiger charge is 2.18. The molecule has 4 heterocycles. The molecule has 0 aliphatic heterocycles. The Bertz CT molecular complexity index is 2680. The average molecular weight is 564 g/mol. The van der Waals surface area contributed by atoms with Crippen LogP contribution in [0.1, 0.15) is 0 Å². The van der Waals surface area contributed by atoms with Crippen molar-refractivity contribution in [2.45, 2.75) is 0 Å². The van der Waals surface area contributed by atoms with E-state index in [1.807, 2.05) is 0 Å². The van der Waals surface area contributed by atoms with Gasteiger partial charge in [-0.15, -0.1) is 0 Å². The van der Waals surface area contributed by atoms with Crippen molar-refractivity contribution in [1.82, 2.24) is 13.7 Å². The third-order valence-electron chi connectivity index (χ3n) is 9.12. The molecule has 4 heteroatoms. The minimum atomic E-state index is 0.862. The number of para-hydroxylation sites is 4. The van der Waals surface area contributed by atoms with Crippen molar-refractivity contribution >= 4 is 65.6 Å². The molecule has 0 saturated carbocycles. The van der Waals surface area contributed by atoms with Gasteiger partial charge in [-0.2, -0.15) is 0 Å². The number of nitrogens with zero attached hydrogens (tertiary/aromatic N) is 3. The minimum absolute atomic E-state index is 0.862. The lowest BCUT2D eigenvalue weighted by Crippen LogP contribution is -1.98. The zero-order valence-corrected chi connectivity index (χ0v) is 23.7. The highest BCUT2D eigenvalue weighted by molar-refractivity contribution is 6.12. The molecule has 0 radical (unpaired) electrons. The lowest BCUT2D eigenvalue weighted by molar-refractivity contribution is 0.596. The number of fused-ring (bicyclic) bond motifs is 9. The first-order valence-electron chi connectivity index (χ1n) is 14.9. The summed E-state index contributed by atoms with van der Waals surface area (Å²) in [7, 11) is 0. The molecule has 0 unspecified atom stereocenters. The van der Waals surface area contributed by atoms with Gasteiger partial charge in [-0.25, -0.2) is 0 Å². The van der Waals surface area contributed by atoms with Gasteiger partial charge in [0.05, 0.1) is 39.5 Å². The van der Waals surface area contributed by atoms with Crippen molar-refractivity contribution in [3.63, 3.8) is 0 Å². The van der Waals surface area contributed by atoms with Crippen molar-refractivity contribution in [3.05, 3.63) is 152 Å². The Balaban J connectivity index is 1.22. The van der Waals surface area contributed by atoms with Crippen LogP contribution in [0.2, 0.25) is 0 Å². The largest absolute Gasteiger partial charge is 0.447 e. The molecule has 206 valence electrons. The molecule has 0 amide bonds. The summed E-state index contributed by atoms with van der Waals surface area (Å²) in [5.41, 5.74) is 10.1. The maximum atomic E-state index is 6.02. The first kappa shape index (κ1) is 23.6. The van der Waals surface area contributed by atoms with Crippen LogP contribution in [-0.4, -0.2) is 13.7 Å². The van der Waals surface area contributed by atoms with E-state index in [1.165, 1.54) is 49.0 Å². The van der Waals surface area contributed by atoms with Crippen molar-refractivity contribution in [3.8, 4) is 17.1 Å². The normalized spacial score (nSPS) is 12.1. The Morgan fingerprint density at radius 3 is 1.39 bits per heavy atom. The quantitative estimate of drug-likeness (QED) is 0.210. The van der Waals surface area contributed by atoms with Gasteiger partial charge in [0.15, 0.2) is 0 Å². The molecule has 0 aliphatic rings. The summed E-state index contributed by atoms with van der Waals surface area (Å²) in [6.45, 7) is 0. The zero-order valence-electron chi connectivity index (χ0n) is 23.7. The molecule has 0 bridgehead atoms. The van der Waals surface area contributed by atoms with Gasteiger partial charge < -0.3 is 13.6 Å². The summed E-state index contributed by atoms with van der Waals surface area (Å²) in [5.74, 6) is 0. The monoisotopic (exact) mass is 563 g/mol. The maximum absolute atomic E-state index is 6.02. The first-order chi connectivity index (χ1) is 21.8. The van der Waals surface area contributed by atoms with Crippen LogP contribution in [0.3, 0.4) is 0 Å². The Morgan fingerprint density at radius 1 is 0.318 bits per heavy atom. The van der Waals surface area contributed by atoms with Gasteiger partial charge in [-0.05, 0) is 66.7 Å². The molecule has 4 nitrogen and oxygen atoms in total. The van der Waals surface area contributed by atoms with E-state index in [9.17, 15) is 0 Å². The van der Waals surface area contributed by atoms with Gasteiger partial charge in [0.2, 0.25) is 5.71 Å². The Hall–Kier alpha value is -6.00. The van der Waals surface area contributed by atoms with E-state index in [4.69, 9.17) is 4.42 Å². The SMILES string of the molecule is c1cc(-n2c3ccccc3c3cc(-n4c5ccccc5c5ccccc54)ccc32)cc(-n2c3ccccc3c3ccoc32)c1. The van der Waals surface area contributed by atoms with Crippen LogP contribution in [0.4, 0.5) is 0 Å². The second-order valence-corrected chi connectivity index (χ2v) is 11.4. The third kappa shape index (κ3) is 3.11. The Labute approximate surface area is 252 Å². The van der Waals surface area contributed by atoms with Crippen LogP contribution >= 0.6 is 0 Å². The zero-order chi connectivity index (χ0) is 28.8. The molecule has 0 spiro atoms. The maximum Gasteiger partial charge on any atom is 0.212 e. The number of hydrogen-bond donors (Lipinski definition) is 0. The van der Waals surface area contributed by atoms with Gasteiger partial charge in [0.1, 0.15) is 0 Å². The fourth-order valence-electron chi connectivity index (χ4n) is 7.29. The first-order valence-corrected chi connectivity index (χ1v) is 14.9. The summed E-state index contributed by atoms with van der Waals surface area (Å²) >= 11 is 0. The van der Waals surface area contributed by atoms with Crippen molar-refractivity contribution < 1.29 is 4.42 Å². The van der Waals surface area contributed by atoms with Gasteiger partial charge in [0.25, 0.3) is 0 Å². The van der Waals surface area contributed by atoms with Crippen LogP contribution in [0.25, 0.3) is 82.7 Å². The lowest BCUT2D eigenvalue weighted by atomic mass is 10.1.